The largest absolute Gasteiger partial charge is 0.396 e. The van der Waals surface area contributed by atoms with Crippen molar-refractivity contribution in [1.29, 1.82) is 0 Å². The molecule has 0 fully saturated rings. The molecule has 2 aromatic heterocycles. The summed E-state index contributed by atoms with van der Waals surface area (Å²) in [4.78, 5) is 11.5. The minimum Gasteiger partial charge on any atom is -0.396 e. The third kappa shape index (κ3) is 2.38. The number of amides is 1. The van der Waals surface area contributed by atoms with Crippen LogP contribution in [0.1, 0.15) is 16.9 Å². The predicted molar refractivity (Wildman–Crippen MR) is 77.1 cm³/mol. The van der Waals surface area contributed by atoms with E-state index in [1.165, 1.54) is 0 Å². The summed E-state index contributed by atoms with van der Waals surface area (Å²) in [6.07, 6.45) is 4.12. The lowest BCUT2D eigenvalue weighted by atomic mass is 10.2. The van der Waals surface area contributed by atoms with E-state index in [9.17, 15) is 4.79 Å². The highest BCUT2D eigenvalue weighted by Crippen LogP contribution is 2.21. The molecular weight excluding hydrogens is 270 g/mol. The van der Waals surface area contributed by atoms with E-state index in [4.69, 9.17) is 10.8 Å². The van der Waals surface area contributed by atoms with Gasteiger partial charge in [0.25, 0.3) is 5.91 Å². The second-order valence-corrected chi connectivity index (χ2v) is 4.68. The maximum absolute atomic E-state index is 11.5. The number of aryl methyl sites for hydroxylation is 1. The van der Waals surface area contributed by atoms with Crippen molar-refractivity contribution in [2.45, 2.75) is 13.0 Å². The number of hydrogen-bond acceptors (Lipinski definition) is 4. The summed E-state index contributed by atoms with van der Waals surface area (Å²) >= 11 is 0. The maximum atomic E-state index is 11.5. The number of nitrogens with two attached hydrogens (primary N) is 1. The van der Waals surface area contributed by atoms with Crippen LogP contribution in [0.5, 0.6) is 0 Å². The number of primary amides is 1. The van der Waals surface area contributed by atoms with Gasteiger partial charge in [0, 0.05) is 18.5 Å². The standard InChI is InChI=1S/C14H15N5O2/c15-14(21)13-11-4-1-2-5-12(11)19(17-13)10-8-16-18(9-10)6-3-7-20/h1-2,4-5,8-9,20H,3,6-7H2,(H2,15,21). The highest BCUT2D eigenvalue weighted by atomic mass is 16.3. The molecule has 0 saturated heterocycles. The van der Waals surface area contributed by atoms with Crippen LogP contribution in [0.4, 0.5) is 0 Å². The smallest absolute Gasteiger partial charge is 0.269 e. The summed E-state index contributed by atoms with van der Waals surface area (Å²) in [5.41, 5.74) is 7.17. The average Bonchev–Trinajstić information content (AvgIpc) is 3.09. The molecule has 0 atom stereocenters. The summed E-state index contributed by atoms with van der Waals surface area (Å²) in [6, 6.07) is 7.40. The lowest BCUT2D eigenvalue weighted by Gasteiger charge is -1.99. The van der Waals surface area contributed by atoms with Gasteiger partial charge in [-0.25, -0.2) is 4.68 Å². The Morgan fingerprint density at radius 1 is 1.33 bits per heavy atom. The van der Waals surface area contributed by atoms with Gasteiger partial charge in [-0.2, -0.15) is 10.2 Å². The number of hydrogen-bond donors (Lipinski definition) is 2. The molecule has 0 unspecified atom stereocenters. The summed E-state index contributed by atoms with van der Waals surface area (Å²) in [6.45, 7) is 0.740. The molecule has 1 amide bonds. The van der Waals surface area contributed by atoms with Gasteiger partial charge in [0.2, 0.25) is 0 Å². The Morgan fingerprint density at radius 3 is 2.90 bits per heavy atom. The van der Waals surface area contributed by atoms with Gasteiger partial charge in [-0.1, -0.05) is 18.2 Å². The first-order valence-corrected chi connectivity index (χ1v) is 6.62. The second kappa shape index (κ2) is 5.37. The molecule has 7 nitrogen and oxygen atoms in total. The highest BCUT2D eigenvalue weighted by molar-refractivity contribution is 6.04. The minimum atomic E-state index is -0.558. The molecule has 1 aromatic carbocycles. The number of carbonyl (C=O) groups is 1. The molecule has 0 saturated carbocycles. The first kappa shape index (κ1) is 13.3. The minimum absolute atomic E-state index is 0.117. The summed E-state index contributed by atoms with van der Waals surface area (Å²) in [5, 5.41) is 18.1. The number of rotatable bonds is 5. The summed E-state index contributed by atoms with van der Waals surface area (Å²) in [7, 11) is 0. The van der Waals surface area contributed by atoms with Crippen LogP contribution in [0.2, 0.25) is 0 Å². The van der Waals surface area contributed by atoms with Crippen molar-refractivity contribution in [3.05, 3.63) is 42.4 Å². The molecule has 0 radical (unpaired) electrons. The molecule has 3 aromatic rings. The Hall–Kier alpha value is -2.67. The molecule has 0 aliphatic heterocycles. The molecule has 21 heavy (non-hydrogen) atoms. The maximum Gasteiger partial charge on any atom is 0.269 e. The number of benzene rings is 1. The van der Waals surface area contributed by atoms with E-state index < -0.39 is 5.91 Å². The van der Waals surface area contributed by atoms with Crippen molar-refractivity contribution in [1.82, 2.24) is 19.6 Å². The monoisotopic (exact) mass is 285 g/mol. The normalized spacial score (nSPS) is 11.1. The van der Waals surface area contributed by atoms with Crippen LogP contribution < -0.4 is 5.73 Å². The van der Waals surface area contributed by atoms with Gasteiger partial charge in [0.05, 0.1) is 17.9 Å². The number of carbonyl (C=O) groups excluding carboxylic acids is 1. The van der Waals surface area contributed by atoms with Crippen molar-refractivity contribution in [3.8, 4) is 5.69 Å². The lowest BCUT2D eigenvalue weighted by molar-refractivity contribution is 0.0996. The van der Waals surface area contributed by atoms with Crippen LogP contribution in [-0.4, -0.2) is 37.2 Å². The van der Waals surface area contributed by atoms with E-state index in [0.717, 1.165) is 11.2 Å². The van der Waals surface area contributed by atoms with Crippen LogP contribution in [0, 0.1) is 0 Å². The van der Waals surface area contributed by atoms with Crippen LogP contribution in [0.15, 0.2) is 36.7 Å². The van der Waals surface area contributed by atoms with Crippen molar-refractivity contribution >= 4 is 16.8 Å². The zero-order valence-corrected chi connectivity index (χ0v) is 11.3. The van der Waals surface area contributed by atoms with Gasteiger partial charge in [0.1, 0.15) is 5.69 Å². The van der Waals surface area contributed by atoms with E-state index in [2.05, 4.69) is 10.2 Å². The van der Waals surface area contributed by atoms with Crippen molar-refractivity contribution in [2.75, 3.05) is 6.61 Å². The Bertz CT molecular complexity index is 790. The lowest BCUT2D eigenvalue weighted by Crippen LogP contribution is -2.12. The molecule has 2 heterocycles. The fourth-order valence-electron chi connectivity index (χ4n) is 2.26. The van der Waals surface area contributed by atoms with E-state index in [1.54, 1.807) is 15.6 Å². The molecule has 0 aliphatic carbocycles. The fourth-order valence-corrected chi connectivity index (χ4v) is 2.26. The molecule has 3 rings (SSSR count). The van der Waals surface area contributed by atoms with Gasteiger partial charge in [-0.3, -0.25) is 9.48 Å². The van der Waals surface area contributed by atoms with Gasteiger partial charge in [-0.15, -0.1) is 0 Å². The Balaban J connectivity index is 2.08. The highest BCUT2D eigenvalue weighted by Gasteiger charge is 2.16. The molecule has 0 bridgehead atoms. The number of fused-ring (bicyclic) bond motifs is 1. The van der Waals surface area contributed by atoms with Crippen molar-refractivity contribution in [3.63, 3.8) is 0 Å². The SMILES string of the molecule is NC(=O)c1nn(-c2cnn(CCCO)c2)c2ccccc12. The van der Waals surface area contributed by atoms with E-state index in [-0.39, 0.29) is 12.3 Å². The van der Waals surface area contributed by atoms with Gasteiger partial charge < -0.3 is 10.8 Å². The first-order chi connectivity index (χ1) is 10.2. The fraction of sp³-hybridized carbons (Fsp3) is 0.214. The number of aliphatic hydroxyl groups is 1. The van der Waals surface area contributed by atoms with Gasteiger partial charge in [0.15, 0.2) is 5.69 Å². The van der Waals surface area contributed by atoms with Crippen LogP contribution in [0.3, 0.4) is 0 Å². The quantitative estimate of drug-likeness (QED) is 0.721. The second-order valence-electron chi connectivity index (χ2n) is 4.68. The third-order valence-electron chi connectivity index (χ3n) is 3.23. The van der Waals surface area contributed by atoms with Gasteiger partial charge >= 0.3 is 0 Å². The zero-order valence-electron chi connectivity index (χ0n) is 11.3. The van der Waals surface area contributed by atoms with Crippen LogP contribution in [0.25, 0.3) is 16.6 Å². The Kier molecular flexibility index (Phi) is 3.41. The van der Waals surface area contributed by atoms with Crippen molar-refractivity contribution < 1.29 is 9.90 Å². The first-order valence-electron chi connectivity index (χ1n) is 6.62. The number of nitrogens with zero attached hydrogens (tertiary/aromatic N) is 4. The van der Waals surface area contributed by atoms with Crippen LogP contribution in [-0.2, 0) is 6.54 Å². The average molecular weight is 285 g/mol. The molecule has 108 valence electrons. The van der Waals surface area contributed by atoms with E-state index in [0.29, 0.717) is 18.4 Å². The van der Waals surface area contributed by atoms with Crippen molar-refractivity contribution in [2.24, 2.45) is 5.73 Å². The van der Waals surface area contributed by atoms with E-state index in [1.807, 2.05) is 30.5 Å². The Morgan fingerprint density at radius 2 is 2.14 bits per heavy atom. The number of aromatic nitrogens is 4. The van der Waals surface area contributed by atoms with E-state index >= 15 is 0 Å². The molecule has 0 spiro atoms. The topological polar surface area (TPSA) is 99.0 Å². The molecule has 3 N–H and O–H groups in total. The number of aliphatic hydroxyl groups excluding tert-OH is 1. The number of para-hydroxylation sites is 1. The zero-order chi connectivity index (χ0) is 14.8. The predicted octanol–water partition coefficient (Wildman–Crippen LogP) is 0.703. The molecule has 7 heteroatoms. The molecular formula is C14H15N5O2. The summed E-state index contributed by atoms with van der Waals surface area (Å²) < 4.78 is 3.38. The molecule has 0 aliphatic rings. The third-order valence-corrected chi connectivity index (χ3v) is 3.23. The summed E-state index contributed by atoms with van der Waals surface area (Å²) in [5.74, 6) is -0.558. The van der Waals surface area contributed by atoms with Gasteiger partial charge in [-0.05, 0) is 12.5 Å². The Labute approximate surface area is 120 Å². The van der Waals surface area contributed by atoms with Crippen LogP contribution >= 0.6 is 0 Å².